The molecule has 1 fully saturated rings. The summed E-state index contributed by atoms with van der Waals surface area (Å²) in [6.07, 6.45) is 0. The molecule has 2 rings (SSSR count). The van der Waals surface area contributed by atoms with E-state index in [0.717, 1.165) is 4.47 Å². The molecule has 1 aromatic rings. The number of imide groups is 1. The minimum absolute atomic E-state index is 0.247. The zero-order valence-electron chi connectivity index (χ0n) is 9.04. The number of rotatable bonds is 1. The molecule has 3 amide bonds. The summed E-state index contributed by atoms with van der Waals surface area (Å²) in [5, 5.41) is 2.78. The SMILES string of the molecule is CC1CN(c2cc(Br)ccc2Cl)C(=O)NC1=O. The fraction of sp³-hybridized carbons (Fsp3) is 0.273. The molecule has 1 aromatic carbocycles. The summed E-state index contributed by atoms with van der Waals surface area (Å²) in [5.41, 5.74) is 0.595. The number of hydrogen-bond acceptors (Lipinski definition) is 2. The molecule has 0 radical (unpaired) electrons. The fourth-order valence-electron chi connectivity index (χ4n) is 1.64. The lowest BCUT2D eigenvalue weighted by Crippen LogP contribution is -2.54. The highest BCUT2D eigenvalue weighted by atomic mass is 79.9. The van der Waals surface area contributed by atoms with Gasteiger partial charge in [0.1, 0.15) is 0 Å². The first-order valence-electron chi connectivity index (χ1n) is 5.06. The molecule has 17 heavy (non-hydrogen) atoms. The van der Waals surface area contributed by atoms with Gasteiger partial charge in [0.05, 0.1) is 16.6 Å². The van der Waals surface area contributed by atoms with Crippen LogP contribution in [-0.4, -0.2) is 18.5 Å². The lowest BCUT2D eigenvalue weighted by molar-refractivity contribution is -0.123. The Labute approximate surface area is 112 Å². The highest BCUT2D eigenvalue weighted by Gasteiger charge is 2.31. The van der Waals surface area contributed by atoms with E-state index in [1.165, 1.54) is 4.90 Å². The van der Waals surface area contributed by atoms with E-state index in [9.17, 15) is 9.59 Å². The predicted molar refractivity (Wildman–Crippen MR) is 69.2 cm³/mol. The number of amides is 3. The molecular formula is C11H10BrClN2O2. The second-order valence-corrected chi connectivity index (χ2v) is 5.22. The number of anilines is 1. The first kappa shape index (κ1) is 12.4. The molecule has 1 atom stereocenters. The summed E-state index contributed by atoms with van der Waals surface area (Å²) in [4.78, 5) is 24.5. The Kier molecular flexibility index (Phi) is 3.40. The van der Waals surface area contributed by atoms with Gasteiger partial charge in [-0.25, -0.2) is 4.79 Å². The van der Waals surface area contributed by atoms with Crippen molar-refractivity contribution >= 4 is 45.2 Å². The Morgan fingerprint density at radius 3 is 2.88 bits per heavy atom. The third-order valence-corrected chi connectivity index (χ3v) is 3.39. The number of halogens is 2. The van der Waals surface area contributed by atoms with Crippen LogP contribution in [0.15, 0.2) is 22.7 Å². The Bertz CT molecular complexity index is 492. The molecule has 0 bridgehead atoms. The maximum Gasteiger partial charge on any atom is 0.328 e. The van der Waals surface area contributed by atoms with Gasteiger partial charge in [0.15, 0.2) is 0 Å². The molecule has 0 spiro atoms. The van der Waals surface area contributed by atoms with E-state index in [0.29, 0.717) is 17.3 Å². The van der Waals surface area contributed by atoms with E-state index in [1.54, 1.807) is 25.1 Å². The van der Waals surface area contributed by atoms with Crippen LogP contribution in [0, 0.1) is 5.92 Å². The van der Waals surface area contributed by atoms with Crippen molar-refractivity contribution in [2.24, 2.45) is 5.92 Å². The zero-order chi connectivity index (χ0) is 12.6. The third kappa shape index (κ3) is 2.45. The Morgan fingerprint density at radius 2 is 2.18 bits per heavy atom. The van der Waals surface area contributed by atoms with Crippen molar-refractivity contribution in [1.82, 2.24) is 5.32 Å². The highest BCUT2D eigenvalue weighted by Crippen LogP contribution is 2.30. The molecule has 0 aromatic heterocycles. The largest absolute Gasteiger partial charge is 0.328 e. The van der Waals surface area contributed by atoms with Crippen molar-refractivity contribution in [2.45, 2.75) is 6.92 Å². The van der Waals surface area contributed by atoms with Gasteiger partial charge in [-0.1, -0.05) is 34.5 Å². The van der Waals surface area contributed by atoms with E-state index in [2.05, 4.69) is 21.2 Å². The minimum Gasteiger partial charge on any atom is -0.292 e. The van der Waals surface area contributed by atoms with Crippen LogP contribution >= 0.6 is 27.5 Å². The summed E-state index contributed by atoms with van der Waals surface area (Å²) in [6.45, 7) is 2.10. The van der Waals surface area contributed by atoms with Crippen molar-refractivity contribution < 1.29 is 9.59 Å². The number of carbonyl (C=O) groups excluding carboxylic acids is 2. The van der Waals surface area contributed by atoms with Gasteiger partial charge in [-0.15, -0.1) is 0 Å². The van der Waals surface area contributed by atoms with Gasteiger partial charge in [0, 0.05) is 11.0 Å². The lowest BCUT2D eigenvalue weighted by atomic mass is 10.1. The predicted octanol–water partition coefficient (Wildman–Crippen LogP) is 2.79. The summed E-state index contributed by atoms with van der Waals surface area (Å²) in [5.74, 6) is -0.500. The molecular weight excluding hydrogens is 307 g/mol. The molecule has 1 saturated heterocycles. The van der Waals surface area contributed by atoms with Crippen molar-refractivity contribution in [3.05, 3.63) is 27.7 Å². The van der Waals surface area contributed by atoms with Crippen LogP contribution in [0.5, 0.6) is 0 Å². The second kappa shape index (κ2) is 4.66. The van der Waals surface area contributed by atoms with E-state index >= 15 is 0 Å². The van der Waals surface area contributed by atoms with Crippen molar-refractivity contribution in [3.63, 3.8) is 0 Å². The van der Waals surface area contributed by atoms with Crippen LogP contribution in [0.25, 0.3) is 0 Å². The smallest absolute Gasteiger partial charge is 0.292 e. The molecule has 0 saturated carbocycles. The van der Waals surface area contributed by atoms with Gasteiger partial charge in [-0.3, -0.25) is 15.0 Å². The van der Waals surface area contributed by atoms with Gasteiger partial charge in [-0.05, 0) is 18.2 Å². The van der Waals surface area contributed by atoms with Crippen LogP contribution < -0.4 is 10.2 Å². The van der Waals surface area contributed by atoms with E-state index < -0.39 is 6.03 Å². The van der Waals surface area contributed by atoms with Gasteiger partial charge < -0.3 is 0 Å². The number of nitrogens with zero attached hydrogens (tertiary/aromatic N) is 1. The maximum atomic E-state index is 11.7. The van der Waals surface area contributed by atoms with Crippen LogP contribution in [0.3, 0.4) is 0 Å². The summed E-state index contributed by atoms with van der Waals surface area (Å²) >= 11 is 9.38. The Balaban J connectivity index is 2.36. The van der Waals surface area contributed by atoms with Crippen molar-refractivity contribution in [2.75, 3.05) is 11.4 Å². The third-order valence-electron chi connectivity index (χ3n) is 2.58. The van der Waals surface area contributed by atoms with Gasteiger partial charge in [-0.2, -0.15) is 0 Å². The van der Waals surface area contributed by atoms with Crippen molar-refractivity contribution in [1.29, 1.82) is 0 Å². The topological polar surface area (TPSA) is 49.4 Å². The summed E-state index contributed by atoms with van der Waals surface area (Å²) in [6, 6.07) is 4.82. The van der Waals surface area contributed by atoms with E-state index in [-0.39, 0.29) is 11.8 Å². The Hall–Kier alpha value is -1.07. The molecule has 90 valence electrons. The number of hydrogen-bond donors (Lipinski definition) is 1. The summed E-state index contributed by atoms with van der Waals surface area (Å²) < 4.78 is 0.828. The Morgan fingerprint density at radius 1 is 1.47 bits per heavy atom. The average Bonchev–Trinajstić information content (AvgIpc) is 2.27. The van der Waals surface area contributed by atoms with Crippen LogP contribution in [0.1, 0.15) is 6.92 Å². The first-order valence-corrected chi connectivity index (χ1v) is 6.23. The molecule has 6 heteroatoms. The van der Waals surface area contributed by atoms with Crippen molar-refractivity contribution in [3.8, 4) is 0 Å². The van der Waals surface area contributed by atoms with Gasteiger partial charge >= 0.3 is 6.03 Å². The molecule has 1 aliphatic heterocycles. The molecule has 1 aliphatic rings. The number of carbonyl (C=O) groups is 2. The molecule has 1 heterocycles. The average molecular weight is 318 g/mol. The summed E-state index contributed by atoms with van der Waals surface area (Å²) in [7, 11) is 0. The molecule has 0 aliphatic carbocycles. The monoisotopic (exact) mass is 316 g/mol. The normalized spacial score (nSPS) is 20.4. The standard InChI is InChI=1S/C11H10BrClN2O2/c1-6-5-15(11(17)14-10(6)16)9-4-7(12)2-3-8(9)13/h2-4,6H,5H2,1H3,(H,14,16,17). The zero-order valence-corrected chi connectivity index (χ0v) is 11.4. The molecule has 1 N–H and O–H groups in total. The second-order valence-electron chi connectivity index (χ2n) is 3.90. The minimum atomic E-state index is -0.437. The van der Waals surface area contributed by atoms with Crippen LogP contribution in [-0.2, 0) is 4.79 Å². The number of urea groups is 1. The van der Waals surface area contributed by atoms with Crippen LogP contribution in [0.4, 0.5) is 10.5 Å². The number of benzene rings is 1. The maximum absolute atomic E-state index is 11.7. The van der Waals surface area contributed by atoms with E-state index in [4.69, 9.17) is 11.6 Å². The van der Waals surface area contributed by atoms with Crippen LogP contribution in [0.2, 0.25) is 5.02 Å². The first-order chi connectivity index (χ1) is 7.99. The highest BCUT2D eigenvalue weighted by molar-refractivity contribution is 9.10. The van der Waals surface area contributed by atoms with E-state index in [1.807, 2.05) is 0 Å². The molecule has 1 unspecified atom stereocenters. The lowest BCUT2D eigenvalue weighted by Gasteiger charge is -2.31. The molecule has 4 nitrogen and oxygen atoms in total. The number of nitrogens with one attached hydrogen (secondary N) is 1. The fourth-order valence-corrected chi connectivity index (χ4v) is 2.20. The van der Waals surface area contributed by atoms with Gasteiger partial charge in [0.25, 0.3) is 0 Å². The quantitative estimate of drug-likeness (QED) is 0.866. The van der Waals surface area contributed by atoms with Gasteiger partial charge in [0.2, 0.25) is 5.91 Å².